The molecule has 2 rings (SSSR count). The number of hydrogen-bond donors (Lipinski definition) is 1. The first-order chi connectivity index (χ1) is 10.2. The van der Waals surface area contributed by atoms with Crippen LogP contribution in [0.25, 0.3) is 0 Å². The van der Waals surface area contributed by atoms with Crippen LogP contribution in [0.2, 0.25) is 0 Å². The molecule has 21 heavy (non-hydrogen) atoms. The van der Waals surface area contributed by atoms with Gasteiger partial charge in [-0.25, -0.2) is 0 Å². The van der Waals surface area contributed by atoms with Gasteiger partial charge in [0.1, 0.15) is 5.75 Å². The summed E-state index contributed by atoms with van der Waals surface area (Å²) in [5.41, 5.74) is 2.43. The normalized spacial score (nSPS) is 15.7. The number of amides is 1. The van der Waals surface area contributed by atoms with Gasteiger partial charge in [0, 0.05) is 12.5 Å². The molecule has 1 N–H and O–H groups in total. The fraction of sp³-hybridized carbons (Fsp3) is 0.611. The molecule has 1 fully saturated rings. The maximum absolute atomic E-state index is 11.9. The Labute approximate surface area is 128 Å². The second-order valence-corrected chi connectivity index (χ2v) is 6.06. The first-order valence-corrected chi connectivity index (χ1v) is 8.12. The lowest BCUT2D eigenvalue weighted by atomic mass is 9.95. The minimum atomic E-state index is 0.215. The largest absolute Gasteiger partial charge is 0.496 e. The molecule has 1 aliphatic carbocycles. The SMILES string of the molecule is COc1ccc(CCCC(=O)NC2CCCCC2)cc1C. The number of nitrogens with one attached hydrogen (secondary N) is 1. The van der Waals surface area contributed by atoms with E-state index in [-0.39, 0.29) is 5.91 Å². The maximum atomic E-state index is 11.9. The fourth-order valence-electron chi connectivity index (χ4n) is 3.10. The molecule has 1 aliphatic rings. The molecule has 3 heteroatoms. The molecule has 116 valence electrons. The maximum Gasteiger partial charge on any atom is 0.220 e. The molecule has 1 amide bonds. The van der Waals surface area contributed by atoms with E-state index in [0.29, 0.717) is 12.5 Å². The molecule has 0 atom stereocenters. The van der Waals surface area contributed by atoms with Crippen molar-refractivity contribution in [2.75, 3.05) is 7.11 Å². The van der Waals surface area contributed by atoms with E-state index in [1.807, 2.05) is 6.07 Å². The van der Waals surface area contributed by atoms with Crippen LogP contribution in [0.1, 0.15) is 56.1 Å². The summed E-state index contributed by atoms with van der Waals surface area (Å²) >= 11 is 0. The van der Waals surface area contributed by atoms with Crippen LogP contribution < -0.4 is 10.1 Å². The Morgan fingerprint density at radius 2 is 2.05 bits per heavy atom. The molecular weight excluding hydrogens is 262 g/mol. The van der Waals surface area contributed by atoms with Gasteiger partial charge < -0.3 is 10.1 Å². The van der Waals surface area contributed by atoms with Crippen molar-refractivity contribution in [1.29, 1.82) is 0 Å². The number of ether oxygens (including phenoxy) is 1. The highest BCUT2D eigenvalue weighted by molar-refractivity contribution is 5.76. The predicted octanol–water partition coefficient (Wildman–Crippen LogP) is 3.78. The van der Waals surface area contributed by atoms with E-state index in [0.717, 1.165) is 37.0 Å². The van der Waals surface area contributed by atoms with Gasteiger partial charge in [-0.3, -0.25) is 4.79 Å². The highest BCUT2D eigenvalue weighted by atomic mass is 16.5. The summed E-state index contributed by atoms with van der Waals surface area (Å²) in [4.78, 5) is 11.9. The molecule has 1 aromatic rings. The van der Waals surface area contributed by atoms with Gasteiger partial charge in [0.05, 0.1) is 7.11 Å². The van der Waals surface area contributed by atoms with E-state index in [1.165, 1.54) is 24.8 Å². The van der Waals surface area contributed by atoms with Crippen molar-refractivity contribution in [3.63, 3.8) is 0 Å². The molecule has 0 saturated heterocycles. The first kappa shape index (κ1) is 15.9. The molecule has 0 heterocycles. The van der Waals surface area contributed by atoms with E-state index in [2.05, 4.69) is 24.4 Å². The third-order valence-electron chi connectivity index (χ3n) is 4.30. The predicted molar refractivity (Wildman–Crippen MR) is 85.7 cm³/mol. The van der Waals surface area contributed by atoms with Gasteiger partial charge in [-0.05, 0) is 49.8 Å². The molecule has 0 spiro atoms. The molecule has 0 bridgehead atoms. The Hall–Kier alpha value is -1.51. The van der Waals surface area contributed by atoms with Crippen molar-refractivity contribution in [2.24, 2.45) is 0 Å². The highest BCUT2D eigenvalue weighted by Gasteiger charge is 2.15. The molecule has 0 radical (unpaired) electrons. The number of rotatable bonds is 6. The van der Waals surface area contributed by atoms with Crippen LogP contribution in [-0.2, 0) is 11.2 Å². The minimum Gasteiger partial charge on any atom is -0.496 e. The number of aryl methyl sites for hydroxylation is 2. The standard InChI is InChI=1S/C18H27NO2/c1-14-13-15(11-12-17(14)21-2)7-6-10-18(20)19-16-8-4-3-5-9-16/h11-13,16H,3-10H2,1-2H3,(H,19,20). The molecule has 0 aromatic heterocycles. The second-order valence-electron chi connectivity index (χ2n) is 6.06. The van der Waals surface area contributed by atoms with E-state index in [9.17, 15) is 4.79 Å². The van der Waals surface area contributed by atoms with Gasteiger partial charge in [-0.2, -0.15) is 0 Å². The first-order valence-electron chi connectivity index (χ1n) is 8.12. The lowest BCUT2D eigenvalue weighted by molar-refractivity contribution is -0.122. The lowest BCUT2D eigenvalue weighted by Gasteiger charge is -2.22. The number of carbonyl (C=O) groups excluding carboxylic acids is 1. The van der Waals surface area contributed by atoms with Crippen molar-refractivity contribution in [3.05, 3.63) is 29.3 Å². The van der Waals surface area contributed by atoms with Crippen LogP contribution in [0.3, 0.4) is 0 Å². The second kappa shape index (κ2) is 8.06. The quantitative estimate of drug-likeness (QED) is 0.865. The van der Waals surface area contributed by atoms with E-state index in [1.54, 1.807) is 7.11 Å². The van der Waals surface area contributed by atoms with Gasteiger partial charge in [-0.1, -0.05) is 31.4 Å². The molecule has 3 nitrogen and oxygen atoms in total. The zero-order valence-electron chi connectivity index (χ0n) is 13.3. The van der Waals surface area contributed by atoms with E-state index in [4.69, 9.17) is 4.74 Å². The van der Waals surface area contributed by atoms with Crippen LogP contribution in [0.5, 0.6) is 5.75 Å². The van der Waals surface area contributed by atoms with Crippen LogP contribution in [0.15, 0.2) is 18.2 Å². The molecule has 1 aromatic carbocycles. The van der Waals surface area contributed by atoms with Crippen LogP contribution in [0.4, 0.5) is 0 Å². The summed E-state index contributed by atoms with van der Waals surface area (Å²) in [7, 11) is 1.69. The smallest absolute Gasteiger partial charge is 0.220 e. The Morgan fingerprint density at radius 3 is 2.71 bits per heavy atom. The van der Waals surface area contributed by atoms with Crippen LogP contribution >= 0.6 is 0 Å². The fourth-order valence-corrected chi connectivity index (χ4v) is 3.10. The Balaban J connectivity index is 1.70. The molecule has 1 saturated carbocycles. The topological polar surface area (TPSA) is 38.3 Å². The Kier molecular flexibility index (Phi) is 6.09. The third-order valence-corrected chi connectivity index (χ3v) is 4.30. The molecule has 0 aliphatic heterocycles. The summed E-state index contributed by atoms with van der Waals surface area (Å²) in [6, 6.07) is 6.67. The Morgan fingerprint density at radius 1 is 1.29 bits per heavy atom. The average Bonchev–Trinajstić information content (AvgIpc) is 2.48. The monoisotopic (exact) mass is 289 g/mol. The average molecular weight is 289 g/mol. The van der Waals surface area contributed by atoms with Gasteiger partial charge in [0.2, 0.25) is 5.91 Å². The molecule has 0 unspecified atom stereocenters. The Bertz CT molecular complexity index is 464. The van der Waals surface area contributed by atoms with Crippen molar-refractivity contribution in [1.82, 2.24) is 5.32 Å². The minimum absolute atomic E-state index is 0.215. The van der Waals surface area contributed by atoms with Gasteiger partial charge in [0.25, 0.3) is 0 Å². The molecular formula is C18H27NO2. The number of carbonyl (C=O) groups is 1. The summed E-state index contributed by atoms with van der Waals surface area (Å²) < 4.78 is 5.26. The van der Waals surface area contributed by atoms with Gasteiger partial charge in [0.15, 0.2) is 0 Å². The van der Waals surface area contributed by atoms with E-state index < -0.39 is 0 Å². The van der Waals surface area contributed by atoms with E-state index >= 15 is 0 Å². The highest BCUT2D eigenvalue weighted by Crippen LogP contribution is 2.20. The van der Waals surface area contributed by atoms with Crippen molar-refractivity contribution < 1.29 is 9.53 Å². The van der Waals surface area contributed by atoms with Crippen molar-refractivity contribution in [2.45, 2.75) is 64.3 Å². The summed E-state index contributed by atoms with van der Waals surface area (Å²) in [6.07, 6.45) is 8.64. The van der Waals surface area contributed by atoms with Crippen LogP contribution in [0, 0.1) is 6.92 Å². The number of hydrogen-bond acceptors (Lipinski definition) is 2. The number of benzene rings is 1. The van der Waals surface area contributed by atoms with Crippen molar-refractivity contribution >= 4 is 5.91 Å². The lowest BCUT2D eigenvalue weighted by Crippen LogP contribution is -2.36. The summed E-state index contributed by atoms with van der Waals surface area (Å²) in [5, 5.41) is 3.18. The van der Waals surface area contributed by atoms with Gasteiger partial charge in [-0.15, -0.1) is 0 Å². The third kappa shape index (κ3) is 5.07. The zero-order valence-corrected chi connectivity index (χ0v) is 13.3. The summed E-state index contributed by atoms with van der Waals surface area (Å²) in [5.74, 6) is 1.14. The number of methoxy groups -OCH3 is 1. The van der Waals surface area contributed by atoms with Gasteiger partial charge >= 0.3 is 0 Å². The van der Waals surface area contributed by atoms with Crippen molar-refractivity contribution in [3.8, 4) is 5.75 Å². The zero-order chi connectivity index (χ0) is 15.1. The van der Waals surface area contributed by atoms with Crippen LogP contribution in [-0.4, -0.2) is 19.1 Å². The summed E-state index contributed by atoms with van der Waals surface area (Å²) in [6.45, 7) is 2.05.